The molecule has 0 fully saturated rings. The van der Waals surface area contributed by atoms with Gasteiger partial charge < -0.3 is 10.1 Å². The summed E-state index contributed by atoms with van der Waals surface area (Å²) in [6.45, 7) is 10.5. The van der Waals surface area contributed by atoms with E-state index in [-0.39, 0.29) is 11.5 Å². The molecule has 0 rings (SSSR count). The Labute approximate surface area is 107 Å². The first-order valence-corrected chi connectivity index (χ1v) is 6.81. The number of alkyl halides is 1. The highest BCUT2D eigenvalue weighted by molar-refractivity contribution is 9.09. The molecule has 96 valence electrons. The molecule has 0 saturated carbocycles. The van der Waals surface area contributed by atoms with Crippen LogP contribution < -0.4 is 5.32 Å². The molecule has 0 heterocycles. The molecule has 0 aliphatic carbocycles. The van der Waals surface area contributed by atoms with E-state index in [1.807, 2.05) is 20.8 Å². The molecule has 0 spiro atoms. The quantitative estimate of drug-likeness (QED) is 0.785. The zero-order valence-corrected chi connectivity index (χ0v) is 12.6. The third-order valence-electron chi connectivity index (χ3n) is 2.10. The lowest BCUT2D eigenvalue weighted by Gasteiger charge is -2.26. The van der Waals surface area contributed by atoms with Crippen molar-refractivity contribution in [2.24, 2.45) is 5.41 Å². The highest BCUT2D eigenvalue weighted by Crippen LogP contribution is 2.21. The van der Waals surface area contributed by atoms with E-state index in [0.717, 1.165) is 18.2 Å². The largest absolute Gasteiger partial charge is 0.444 e. The van der Waals surface area contributed by atoms with Crippen molar-refractivity contribution >= 4 is 22.0 Å². The lowest BCUT2D eigenvalue weighted by molar-refractivity contribution is 0.0504. The predicted molar refractivity (Wildman–Crippen MR) is 71.0 cm³/mol. The van der Waals surface area contributed by atoms with Crippen LogP contribution in [0.25, 0.3) is 0 Å². The van der Waals surface area contributed by atoms with Gasteiger partial charge in [-0.1, -0.05) is 29.8 Å². The molecule has 1 amide bonds. The Morgan fingerprint density at radius 3 is 2.25 bits per heavy atom. The zero-order chi connectivity index (χ0) is 12.8. The van der Waals surface area contributed by atoms with E-state index in [1.165, 1.54) is 0 Å². The van der Waals surface area contributed by atoms with E-state index in [4.69, 9.17) is 4.74 Å². The lowest BCUT2D eigenvalue weighted by atomic mass is 9.88. The Hall–Kier alpha value is -0.250. The molecular weight excluding hydrogens is 270 g/mol. The first-order chi connectivity index (χ1) is 7.16. The van der Waals surface area contributed by atoms with Crippen LogP contribution in [0.5, 0.6) is 0 Å². The van der Waals surface area contributed by atoms with Gasteiger partial charge >= 0.3 is 6.09 Å². The van der Waals surface area contributed by atoms with Gasteiger partial charge in [0.15, 0.2) is 0 Å². The second-order valence-corrected chi connectivity index (χ2v) is 6.61. The van der Waals surface area contributed by atoms with E-state index in [9.17, 15) is 4.79 Å². The molecule has 1 N–H and O–H groups in total. The molecule has 0 radical (unpaired) electrons. The van der Waals surface area contributed by atoms with Gasteiger partial charge in [-0.15, -0.1) is 0 Å². The number of hydrogen-bond donors (Lipinski definition) is 1. The van der Waals surface area contributed by atoms with E-state index in [2.05, 4.69) is 35.1 Å². The average molecular weight is 294 g/mol. The fourth-order valence-electron chi connectivity index (χ4n) is 1.26. The Balaban J connectivity index is 3.90. The molecule has 0 saturated heterocycles. The van der Waals surface area contributed by atoms with Crippen molar-refractivity contribution in [1.29, 1.82) is 0 Å². The molecule has 0 aliphatic heterocycles. The topological polar surface area (TPSA) is 38.3 Å². The van der Waals surface area contributed by atoms with Gasteiger partial charge in [0.1, 0.15) is 5.60 Å². The maximum absolute atomic E-state index is 11.4. The number of ether oxygens (including phenoxy) is 1. The second-order valence-electron chi connectivity index (χ2n) is 5.81. The van der Waals surface area contributed by atoms with Gasteiger partial charge in [-0.05, 0) is 39.0 Å². The number of hydrogen-bond acceptors (Lipinski definition) is 2. The van der Waals surface area contributed by atoms with Crippen molar-refractivity contribution in [3.05, 3.63) is 0 Å². The second kappa shape index (κ2) is 6.48. The Bertz CT molecular complexity index is 222. The van der Waals surface area contributed by atoms with Crippen LogP contribution in [0.2, 0.25) is 0 Å². The third-order valence-corrected chi connectivity index (χ3v) is 2.66. The highest BCUT2D eigenvalue weighted by Gasteiger charge is 2.21. The summed E-state index contributed by atoms with van der Waals surface area (Å²) in [4.78, 5) is 11.4. The predicted octanol–water partition coefficient (Wildman–Crippen LogP) is 3.71. The summed E-state index contributed by atoms with van der Waals surface area (Å²) in [7, 11) is 0. The molecule has 0 aromatic carbocycles. The summed E-state index contributed by atoms with van der Waals surface area (Å²) in [6.07, 6.45) is 1.86. The Morgan fingerprint density at radius 2 is 1.81 bits per heavy atom. The van der Waals surface area contributed by atoms with E-state index >= 15 is 0 Å². The number of alkyl carbamates (subject to hydrolysis) is 1. The standard InChI is InChI=1S/C12H24BrNO2/c1-11(2,3)16-10(15)14-9-12(4,5)7-6-8-13/h6-9H2,1-5H3,(H,14,15). The first kappa shape index (κ1) is 15.8. The van der Waals surface area contributed by atoms with Crippen LogP contribution in [0.4, 0.5) is 4.79 Å². The maximum atomic E-state index is 11.4. The summed E-state index contributed by atoms with van der Waals surface area (Å²) >= 11 is 3.41. The number of amides is 1. The van der Waals surface area contributed by atoms with Crippen LogP contribution in [-0.2, 0) is 4.74 Å². The van der Waals surface area contributed by atoms with Gasteiger partial charge in [-0.25, -0.2) is 4.79 Å². The number of rotatable bonds is 5. The van der Waals surface area contributed by atoms with Gasteiger partial charge in [0.2, 0.25) is 0 Å². The SMILES string of the molecule is CC(C)(CCCBr)CNC(=O)OC(C)(C)C. The minimum Gasteiger partial charge on any atom is -0.444 e. The van der Waals surface area contributed by atoms with Crippen molar-refractivity contribution in [1.82, 2.24) is 5.32 Å². The van der Waals surface area contributed by atoms with Crippen LogP contribution in [-0.4, -0.2) is 23.6 Å². The van der Waals surface area contributed by atoms with Crippen LogP contribution in [0.3, 0.4) is 0 Å². The van der Waals surface area contributed by atoms with Gasteiger partial charge in [0, 0.05) is 11.9 Å². The molecular formula is C12H24BrNO2. The van der Waals surface area contributed by atoms with Crippen molar-refractivity contribution in [2.45, 2.75) is 53.1 Å². The summed E-state index contributed by atoms with van der Waals surface area (Å²) in [6, 6.07) is 0. The number of carbonyl (C=O) groups is 1. The van der Waals surface area contributed by atoms with Crippen molar-refractivity contribution in [2.75, 3.05) is 11.9 Å². The molecule has 3 nitrogen and oxygen atoms in total. The molecule has 16 heavy (non-hydrogen) atoms. The number of nitrogens with one attached hydrogen (secondary N) is 1. The van der Waals surface area contributed by atoms with Gasteiger partial charge in [-0.3, -0.25) is 0 Å². The van der Waals surface area contributed by atoms with Crippen LogP contribution in [0.15, 0.2) is 0 Å². The van der Waals surface area contributed by atoms with Gasteiger partial charge in [0.25, 0.3) is 0 Å². The highest BCUT2D eigenvalue weighted by atomic mass is 79.9. The molecule has 0 bridgehead atoms. The van der Waals surface area contributed by atoms with Gasteiger partial charge in [-0.2, -0.15) is 0 Å². The Kier molecular flexibility index (Phi) is 6.38. The minimum atomic E-state index is -0.427. The van der Waals surface area contributed by atoms with E-state index in [1.54, 1.807) is 0 Å². The molecule has 0 aliphatic rings. The van der Waals surface area contributed by atoms with Crippen molar-refractivity contribution in [3.8, 4) is 0 Å². The maximum Gasteiger partial charge on any atom is 0.407 e. The van der Waals surface area contributed by atoms with E-state index in [0.29, 0.717) is 6.54 Å². The smallest absolute Gasteiger partial charge is 0.407 e. The molecule has 0 atom stereocenters. The lowest BCUT2D eigenvalue weighted by Crippen LogP contribution is -2.38. The molecule has 0 aromatic rings. The molecule has 4 heteroatoms. The summed E-state index contributed by atoms with van der Waals surface area (Å²) in [5, 5.41) is 3.81. The summed E-state index contributed by atoms with van der Waals surface area (Å²) < 4.78 is 5.18. The van der Waals surface area contributed by atoms with Crippen LogP contribution in [0, 0.1) is 5.41 Å². The normalized spacial score (nSPS) is 12.4. The monoisotopic (exact) mass is 293 g/mol. The zero-order valence-electron chi connectivity index (χ0n) is 11.0. The fourth-order valence-corrected chi connectivity index (χ4v) is 1.54. The summed E-state index contributed by atoms with van der Waals surface area (Å²) in [5.41, 5.74) is -0.311. The van der Waals surface area contributed by atoms with Gasteiger partial charge in [0.05, 0.1) is 0 Å². The minimum absolute atomic E-state index is 0.116. The third kappa shape index (κ3) is 9.01. The van der Waals surface area contributed by atoms with Crippen LogP contribution >= 0.6 is 15.9 Å². The number of carbonyl (C=O) groups excluding carboxylic acids is 1. The van der Waals surface area contributed by atoms with Crippen LogP contribution in [0.1, 0.15) is 47.5 Å². The first-order valence-electron chi connectivity index (χ1n) is 5.69. The molecule has 0 aromatic heterocycles. The van der Waals surface area contributed by atoms with Crippen molar-refractivity contribution in [3.63, 3.8) is 0 Å². The fraction of sp³-hybridized carbons (Fsp3) is 0.917. The molecule has 0 unspecified atom stereocenters. The average Bonchev–Trinajstić information content (AvgIpc) is 2.09. The summed E-state index contributed by atoms with van der Waals surface area (Å²) in [5.74, 6) is 0. The Morgan fingerprint density at radius 1 is 1.25 bits per heavy atom. The number of halogens is 1. The van der Waals surface area contributed by atoms with Crippen molar-refractivity contribution < 1.29 is 9.53 Å². The van der Waals surface area contributed by atoms with E-state index < -0.39 is 5.60 Å².